The molecule has 0 atom stereocenters. The van der Waals surface area contributed by atoms with E-state index < -0.39 is 0 Å². The second-order valence-corrected chi connectivity index (χ2v) is 11.2. The molecule has 3 aromatic rings. The summed E-state index contributed by atoms with van der Waals surface area (Å²) in [6.45, 7) is 15.4. The summed E-state index contributed by atoms with van der Waals surface area (Å²) in [6, 6.07) is 14.4. The first kappa shape index (κ1) is 26.5. The number of thioether (sulfide) groups is 1. The van der Waals surface area contributed by atoms with Crippen LogP contribution in [0.15, 0.2) is 47.6 Å². The number of H-pyrrole nitrogens is 1. The summed E-state index contributed by atoms with van der Waals surface area (Å²) in [5.74, 6) is 1.73. The molecule has 2 heterocycles. The Morgan fingerprint density at radius 2 is 1.58 bits per heavy atom. The lowest BCUT2D eigenvalue weighted by molar-refractivity contribution is 0.139. The zero-order valence-corrected chi connectivity index (χ0v) is 22.8. The van der Waals surface area contributed by atoms with Crippen molar-refractivity contribution in [2.24, 2.45) is 0 Å². The van der Waals surface area contributed by atoms with Gasteiger partial charge in [0.25, 0.3) is 0 Å². The van der Waals surface area contributed by atoms with Gasteiger partial charge in [0, 0.05) is 57.3 Å². The van der Waals surface area contributed by atoms with Crippen LogP contribution in [0.4, 0.5) is 10.5 Å². The van der Waals surface area contributed by atoms with Gasteiger partial charge in [0.05, 0.1) is 11.0 Å². The van der Waals surface area contributed by atoms with E-state index >= 15 is 0 Å². The molecule has 1 aromatic heterocycles. The second kappa shape index (κ2) is 12.6. The number of nitrogens with zero attached hydrogens (tertiary/aromatic N) is 3. The monoisotopic (exact) mass is 508 g/mol. The van der Waals surface area contributed by atoms with Gasteiger partial charge in [0.2, 0.25) is 0 Å². The standard InChI is InChI=1S/C28H40N6OS/c1-20(2)22-8-7-9-23(21(3)4)26(22)32-27(35)29-12-13-33-14-16-34(17-15-33)18-19-36-28-30-24-10-5-6-11-25(24)31-28/h5-11,20-21H,12-19H2,1-4H3,(H,30,31)(H2,29,32,35). The van der Waals surface area contributed by atoms with Gasteiger partial charge in [0.15, 0.2) is 5.16 Å². The summed E-state index contributed by atoms with van der Waals surface area (Å²) in [7, 11) is 0. The van der Waals surface area contributed by atoms with Crippen molar-refractivity contribution in [2.75, 3.05) is 56.9 Å². The molecule has 4 rings (SSSR count). The van der Waals surface area contributed by atoms with Crippen LogP contribution >= 0.6 is 11.8 Å². The predicted molar refractivity (Wildman–Crippen MR) is 151 cm³/mol. The highest BCUT2D eigenvalue weighted by Gasteiger charge is 2.18. The summed E-state index contributed by atoms with van der Waals surface area (Å²) in [5.41, 5.74) is 5.46. The molecule has 0 radical (unpaired) electrons. The first-order valence-electron chi connectivity index (χ1n) is 13.1. The molecule has 0 aliphatic carbocycles. The molecule has 8 heteroatoms. The Kier molecular flexibility index (Phi) is 9.29. The highest BCUT2D eigenvalue weighted by Crippen LogP contribution is 2.32. The molecule has 3 N–H and O–H groups in total. The smallest absolute Gasteiger partial charge is 0.319 e. The number of piperazine rings is 1. The van der Waals surface area contributed by atoms with Crippen LogP contribution in [0.2, 0.25) is 0 Å². The zero-order chi connectivity index (χ0) is 25.5. The van der Waals surface area contributed by atoms with E-state index in [9.17, 15) is 4.79 Å². The molecule has 1 saturated heterocycles. The second-order valence-electron chi connectivity index (χ2n) is 10.1. The fraction of sp³-hybridized carbons (Fsp3) is 0.500. The summed E-state index contributed by atoms with van der Waals surface area (Å²) in [4.78, 5) is 25.7. The number of aromatic nitrogens is 2. The highest BCUT2D eigenvalue weighted by atomic mass is 32.2. The summed E-state index contributed by atoms with van der Waals surface area (Å²) >= 11 is 1.79. The van der Waals surface area contributed by atoms with Crippen molar-refractivity contribution in [1.82, 2.24) is 25.1 Å². The van der Waals surface area contributed by atoms with E-state index in [1.54, 1.807) is 11.8 Å². The SMILES string of the molecule is CC(C)c1cccc(C(C)C)c1NC(=O)NCCN1CCN(CCSc2nc3ccccc3[nH]2)CC1. The van der Waals surface area contributed by atoms with Crippen LogP contribution in [-0.4, -0.2) is 77.4 Å². The Morgan fingerprint density at radius 1 is 0.944 bits per heavy atom. The quantitative estimate of drug-likeness (QED) is 0.322. The lowest BCUT2D eigenvalue weighted by atomic mass is 9.93. The number of amides is 2. The fourth-order valence-electron chi connectivity index (χ4n) is 4.69. The van der Waals surface area contributed by atoms with Gasteiger partial charge in [-0.05, 0) is 35.1 Å². The van der Waals surface area contributed by atoms with Crippen LogP contribution in [0, 0.1) is 0 Å². The van der Waals surface area contributed by atoms with Crippen LogP contribution in [0.1, 0.15) is 50.7 Å². The number of imidazole rings is 1. The third kappa shape index (κ3) is 7.02. The number of fused-ring (bicyclic) bond motifs is 1. The molecule has 194 valence electrons. The summed E-state index contributed by atoms with van der Waals surface area (Å²) in [6.07, 6.45) is 0. The van der Waals surface area contributed by atoms with Crippen LogP contribution in [0.25, 0.3) is 11.0 Å². The first-order valence-corrected chi connectivity index (χ1v) is 14.1. The molecule has 1 aliphatic heterocycles. The topological polar surface area (TPSA) is 76.3 Å². The molecule has 0 bridgehead atoms. The normalized spacial score (nSPS) is 15.2. The molecule has 36 heavy (non-hydrogen) atoms. The predicted octanol–water partition coefficient (Wildman–Crippen LogP) is 5.34. The van der Waals surface area contributed by atoms with Gasteiger partial charge in [0.1, 0.15) is 0 Å². The Labute approximate surface area is 219 Å². The first-order chi connectivity index (χ1) is 17.4. The Balaban J connectivity index is 1.15. The molecular formula is C28H40N6OS. The molecule has 0 unspecified atom stereocenters. The van der Waals surface area contributed by atoms with Crippen molar-refractivity contribution < 1.29 is 4.79 Å². The molecule has 7 nitrogen and oxygen atoms in total. The molecular weight excluding hydrogens is 468 g/mol. The number of rotatable bonds is 10. The molecule has 1 aliphatic rings. The van der Waals surface area contributed by atoms with Gasteiger partial charge in [-0.1, -0.05) is 69.8 Å². The molecule has 1 fully saturated rings. The van der Waals surface area contributed by atoms with Gasteiger partial charge in [-0.2, -0.15) is 0 Å². The fourth-order valence-corrected chi connectivity index (χ4v) is 5.57. The number of para-hydroxylation sites is 3. The Morgan fingerprint density at radius 3 is 2.22 bits per heavy atom. The number of aromatic amines is 1. The average molecular weight is 509 g/mol. The van der Waals surface area contributed by atoms with Crippen molar-refractivity contribution >= 4 is 34.5 Å². The van der Waals surface area contributed by atoms with Gasteiger partial charge >= 0.3 is 6.03 Å². The molecule has 2 aromatic carbocycles. The van der Waals surface area contributed by atoms with Crippen molar-refractivity contribution in [3.63, 3.8) is 0 Å². The van der Waals surface area contributed by atoms with E-state index in [0.717, 1.165) is 66.9 Å². The van der Waals surface area contributed by atoms with E-state index in [0.29, 0.717) is 18.4 Å². The van der Waals surface area contributed by atoms with Crippen LogP contribution in [0.5, 0.6) is 0 Å². The number of carbonyl (C=O) groups excluding carboxylic acids is 1. The number of nitrogens with one attached hydrogen (secondary N) is 3. The van der Waals surface area contributed by atoms with E-state index in [-0.39, 0.29) is 6.03 Å². The molecule has 0 saturated carbocycles. The molecule has 2 amide bonds. The number of hydrogen-bond donors (Lipinski definition) is 3. The lowest BCUT2D eigenvalue weighted by Gasteiger charge is -2.34. The third-order valence-electron chi connectivity index (χ3n) is 6.80. The van der Waals surface area contributed by atoms with Gasteiger partial charge in [-0.25, -0.2) is 9.78 Å². The minimum absolute atomic E-state index is 0.119. The lowest BCUT2D eigenvalue weighted by Crippen LogP contribution is -2.49. The summed E-state index contributed by atoms with van der Waals surface area (Å²) < 4.78 is 0. The average Bonchev–Trinajstić information content (AvgIpc) is 3.27. The molecule has 0 spiro atoms. The van der Waals surface area contributed by atoms with E-state index in [1.807, 2.05) is 18.2 Å². The highest BCUT2D eigenvalue weighted by molar-refractivity contribution is 7.99. The minimum atomic E-state index is -0.119. The number of anilines is 1. The zero-order valence-electron chi connectivity index (χ0n) is 22.0. The van der Waals surface area contributed by atoms with Gasteiger partial charge in [-0.3, -0.25) is 9.80 Å². The maximum atomic E-state index is 12.7. The van der Waals surface area contributed by atoms with E-state index in [4.69, 9.17) is 0 Å². The van der Waals surface area contributed by atoms with Crippen molar-refractivity contribution in [2.45, 2.75) is 44.7 Å². The van der Waals surface area contributed by atoms with Crippen molar-refractivity contribution in [3.8, 4) is 0 Å². The Hall–Kier alpha value is -2.55. The number of hydrogen-bond acceptors (Lipinski definition) is 5. The van der Waals surface area contributed by atoms with Gasteiger partial charge in [-0.15, -0.1) is 0 Å². The van der Waals surface area contributed by atoms with Gasteiger partial charge < -0.3 is 15.6 Å². The van der Waals surface area contributed by atoms with Crippen LogP contribution in [-0.2, 0) is 0 Å². The maximum Gasteiger partial charge on any atom is 0.319 e. The minimum Gasteiger partial charge on any atom is -0.337 e. The van der Waals surface area contributed by atoms with E-state index in [1.165, 1.54) is 11.1 Å². The van der Waals surface area contributed by atoms with Crippen molar-refractivity contribution in [3.05, 3.63) is 53.6 Å². The number of urea groups is 1. The third-order valence-corrected chi connectivity index (χ3v) is 7.66. The number of benzene rings is 2. The van der Waals surface area contributed by atoms with Crippen LogP contribution in [0.3, 0.4) is 0 Å². The van der Waals surface area contributed by atoms with Crippen LogP contribution < -0.4 is 10.6 Å². The van der Waals surface area contributed by atoms with E-state index in [2.05, 4.69) is 82.4 Å². The van der Waals surface area contributed by atoms with Crippen molar-refractivity contribution in [1.29, 1.82) is 0 Å². The largest absolute Gasteiger partial charge is 0.337 e. The Bertz CT molecular complexity index is 1080. The number of carbonyl (C=O) groups is 1. The maximum absolute atomic E-state index is 12.7. The summed E-state index contributed by atoms with van der Waals surface area (Å²) in [5, 5.41) is 7.21.